The molecule has 0 atom stereocenters. The highest BCUT2D eigenvalue weighted by atomic mass is 15.0. The normalized spacial score (nSPS) is 12.0. The molecule has 0 saturated carbocycles. The van der Waals surface area contributed by atoms with Crippen LogP contribution in [0.5, 0.6) is 0 Å². The lowest BCUT2D eigenvalue weighted by molar-refractivity contribution is 0.426. The molecule has 0 aliphatic rings. The SMILES string of the molecule is CNCCNC(C)(C)C. The number of rotatable bonds is 3. The van der Waals surface area contributed by atoms with Crippen molar-refractivity contribution in [2.45, 2.75) is 26.3 Å². The van der Waals surface area contributed by atoms with Crippen LogP contribution in [0.4, 0.5) is 0 Å². The van der Waals surface area contributed by atoms with Gasteiger partial charge in [-0.2, -0.15) is 0 Å². The van der Waals surface area contributed by atoms with E-state index in [-0.39, 0.29) is 5.54 Å². The van der Waals surface area contributed by atoms with Crippen LogP contribution in [0.3, 0.4) is 0 Å². The molecule has 0 aromatic carbocycles. The van der Waals surface area contributed by atoms with Crippen LogP contribution in [0.2, 0.25) is 0 Å². The molecular weight excluding hydrogens is 112 g/mol. The van der Waals surface area contributed by atoms with Gasteiger partial charge in [-0.3, -0.25) is 0 Å². The Morgan fingerprint density at radius 1 is 1.11 bits per heavy atom. The summed E-state index contributed by atoms with van der Waals surface area (Å²) in [5, 5.41) is 6.44. The Morgan fingerprint density at radius 2 is 1.67 bits per heavy atom. The van der Waals surface area contributed by atoms with Crippen molar-refractivity contribution in [1.29, 1.82) is 0 Å². The zero-order valence-corrected chi connectivity index (χ0v) is 6.91. The van der Waals surface area contributed by atoms with E-state index in [0.717, 1.165) is 13.1 Å². The molecule has 0 radical (unpaired) electrons. The molecule has 2 N–H and O–H groups in total. The van der Waals surface area contributed by atoms with Gasteiger partial charge in [0.05, 0.1) is 0 Å². The minimum atomic E-state index is 0.261. The highest BCUT2D eigenvalue weighted by Gasteiger charge is 2.05. The average Bonchev–Trinajstić information content (AvgIpc) is 1.63. The van der Waals surface area contributed by atoms with Crippen LogP contribution in [-0.4, -0.2) is 25.7 Å². The van der Waals surface area contributed by atoms with Crippen LogP contribution in [0, 0.1) is 0 Å². The summed E-state index contributed by atoms with van der Waals surface area (Å²) >= 11 is 0. The maximum absolute atomic E-state index is 3.36. The van der Waals surface area contributed by atoms with E-state index >= 15 is 0 Å². The summed E-state index contributed by atoms with van der Waals surface area (Å²) in [6.07, 6.45) is 0. The van der Waals surface area contributed by atoms with Gasteiger partial charge in [-0.15, -0.1) is 0 Å². The van der Waals surface area contributed by atoms with E-state index < -0.39 is 0 Å². The molecule has 0 saturated heterocycles. The Kier molecular flexibility index (Phi) is 3.82. The number of likely N-dealkylation sites (N-methyl/N-ethyl adjacent to an activating group) is 1. The van der Waals surface area contributed by atoms with E-state index in [9.17, 15) is 0 Å². The third-order valence-corrected chi connectivity index (χ3v) is 1.03. The second-order valence-electron chi connectivity index (χ2n) is 3.28. The summed E-state index contributed by atoms with van der Waals surface area (Å²) in [7, 11) is 1.96. The first-order valence-electron chi connectivity index (χ1n) is 3.46. The van der Waals surface area contributed by atoms with Crippen molar-refractivity contribution in [2.75, 3.05) is 20.1 Å². The van der Waals surface area contributed by atoms with Gasteiger partial charge in [0, 0.05) is 18.6 Å². The Hall–Kier alpha value is -0.0800. The topological polar surface area (TPSA) is 24.1 Å². The minimum Gasteiger partial charge on any atom is -0.318 e. The summed E-state index contributed by atoms with van der Waals surface area (Å²) in [4.78, 5) is 0. The van der Waals surface area contributed by atoms with Gasteiger partial charge >= 0.3 is 0 Å². The smallest absolute Gasteiger partial charge is 0.00970 e. The molecule has 0 aliphatic carbocycles. The Labute approximate surface area is 58.0 Å². The van der Waals surface area contributed by atoms with E-state index in [1.165, 1.54) is 0 Å². The van der Waals surface area contributed by atoms with E-state index in [2.05, 4.69) is 31.4 Å². The molecule has 0 rings (SSSR count). The van der Waals surface area contributed by atoms with E-state index in [1.54, 1.807) is 0 Å². The molecule has 56 valence electrons. The van der Waals surface area contributed by atoms with Crippen LogP contribution >= 0.6 is 0 Å². The van der Waals surface area contributed by atoms with E-state index in [4.69, 9.17) is 0 Å². The van der Waals surface area contributed by atoms with Crippen molar-refractivity contribution in [1.82, 2.24) is 10.6 Å². The molecule has 0 amide bonds. The number of nitrogens with one attached hydrogen (secondary N) is 2. The molecule has 0 unspecified atom stereocenters. The lowest BCUT2D eigenvalue weighted by Gasteiger charge is -2.19. The molecule has 0 spiro atoms. The van der Waals surface area contributed by atoms with Gasteiger partial charge in [-0.25, -0.2) is 0 Å². The van der Waals surface area contributed by atoms with Crippen LogP contribution in [0.15, 0.2) is 0 Å². The van der Waals surface area contributed by atoms with Crippen molar-refractivity contribution < 1.29 is 0 Å². The molecule has 2 heteroatoms. The van der Waals surface area contributed by atoms with Crippen LogP contribution in [0.1, 0.15) is 20.8 Å². The number of hydrogen-bond acceptors (Lipinski definition) is 2. The Morgan fingerprint density at radius 3 is 2.00 bits per heavy atom. The van der Waals surface area contributed by atoms with Crippen LogP contribution < -0.4 is 10.6 Å². The van der Waals surface area contributed by atoms with Gasteiger partial charge in [0.2, 0.25) is 0 Å². The lowest BCUT2D eigenvalue weighted by atomic mass is 10.1. The molecule has 0 bridgehead atoms. The van der Waals surface area contributed by atoms with Gasteiger partial charge < -0.3 is 10.6 Å². The summed E-state index contributed by atoms with van der Waals surface area (Å²) in [6.45, 7) is 8.59. The predicted octanol–water partition coefficient (Wildman–Crippen LogP) is 0.594. The zero-order valence-electron chi connectivity index (χ0n) is 6.91. The average molecular weight is 130 g/mol. The van der Waals surface area contributed by atoms with Crippen molar-refractivity contribution in [2.24, 2.45) is 0 Å². The first-order valence-corrected chi connectivity index (χ1v) is 3.46. The summed E-state index contributed by atoms with van der Waals surface area (Å²) < 4.78 is 0. The van der Waals surface area contributed by atoms with Gasteiger partial charge in [0.1, 0.15) is 0 Å². The van der Waals surface area contributed by atoms with Crippen molar-refractivity contribution in [3.8, 4) is 0 Å². The molecule has 9 heavy (non-hydrogen) atoms. The van der Waals surface area contributed by atoms with Gasteiger partial charge in [-0.1, -0.05) is 0 Å². The van der Waals surface area contributed by atoms with Gasteiger partial charge in [-0.05, 0) is 27.8 Å². The molecule has 0 fully saturated rings. The summed E-state index contributed by atoms with van der Waals surface area (Å²) in [6, 6.07) is 0. The predicted molar refractivity (Wildman–Crippen MR) is 41.7 cm³/mol. The molecule has 0 aromatic rings. The minimum absolute atomic E-state index is 0.261. The van der Waals surface area contributed by atoms with Crippen LogP contribution in [-0.2, 0) is 0 Å². The fourth-order valence-corrected chi connectivity index (χ4v) is 0.562. The molecular formula is C7H18N2. The van der Waals surface area contributed by atoms with Crippen molar-refractivity contribution >= 4 is 0 Å². The second-order valence-corrected chi connectivity index (χ2v) is 3.28. The Balaban J connectivity index is 3.07. The third kappa shape index (κ3) is 7.92. The quantitative estimate of drug-likeness (QED) is 0.546. The fraction of sp³-hybridized carbons (Fsp3) is 1.00. The zero-order chi connectivity index (χ0) is 7.33. The maximum Gasteiger partial charge on any atom is 0.00970 e. The largest absolute Gasteiger partial charge is 0.318 e. The first-order chi connectivity index (χ1) is 4.06. The van der Waals surface area contributed by atoms with Crippen molar-refractivity contribution in [3.63, 3.8) is 0 Å². The van der Waals surface area contributed by atoms with Crippen molar-refractivity contribution in [3.05, 3.63) is 0 Å². The number of hydrogen-bond donors (Lipinski definition) is 2. The fourth-order valence-electron chi connectivity index (χ4n) is 0.562. The summed E-state index contributed by atoms with van der Waals surface area (Å²) in [5.41, 5.74) is 0.261. The molecule has 0 aliphatic heterocycles. The lowest BCUT2D eigenvalue weighted by Crippen LogP contribution is -2.39. The van der Waals surface area contributed by atoms with Crippen LogP contribution in [0.25, 0.3) is 0 Å². The molecule has 0 aromatic heterocycles. The van der Waals surface area contributed by atoms with Gasteiger partial charge in [0.25, 0.3) is 0 Å². The standard InChI is InChI=1S/C7H18N2/c1-7(2,3)9-6-5-8-4/h8-9H,5-6H2,1-4H3. The first kappa shape index (κ1) is 8.92. The molecule has 2 nitrogen and oxygen atoms in total. The highest BCUT2D eigenvalue weighted by molar-refractivity contribution is 4.69. The van der Waals surface area contributed by atoms with E-state index in [1.807, 2.05) is 7.05 Å². The maximum atomic E-state index is 3.36. The third-order valence-electron chi connectivity index (χ3n) is 1.03. The highest BCUT2D eigenvalue weighted by Crippen LogP contribution is 1.95. The Bertz CT molecular complexity index is 63.8. The van der Waals surface area contributed by atoms with Gasteiger partial charge in [0.15, 0.2) is 0 Å². The molecule has 0 heterocycles. The second kappa shape index (κ2) is 3.85. The summed E-state index contributed by atoms with van der Waals surface area (Å²) in [5.74, 6) is 0. The van der Waals surface area contributed by atoms with E-state index in [0.29, 0.717) is 0 Å². The monoisotopic (exact) mass is 130 g/mol.